The maximum Gasteiger partial charge on any atom is 0.340 e. The van der Waals surface area contributed by atoms with Gasteiger partial charge in [0.2, 0.25) is 0 Å². The minimum Gasteiger partial charge on any atom is -0.478 e. The summed E-state index contributed by atoms with van der Waals surface area (Å²) in [5, 5.41) is 9.76. The predicted octanol–water partition coefficient (Wildman–Crippen LogP) is 5.31. The molecule has 0 radical (unpaired) electrons. The summed E-state index contributed by atoms with van der Waals surface area (Å²) < 4.78 is 6.47. The second-order valence-electron chi connectivity index (χ2n) is 3.82. The molecule has 0 saturated carbocycles. The van der Waals surface area contributed by atoms with Gasteiger partial charge in [-0.3, -0.25) is 0 Å². The first-order chi connectivity index (χ1) is 9.52. The topological polar surface area (TPSA) is 46.5 Å². The lowest BCUT2D eigenvalue weighted by molar-refractivity contribution is 0.0690. The Labute approximate surface area is 134 Å². The van der Waals surface area contributed by atoms with E-state index in [-0.39, 0.29) is 11.3 Å². The van der Waals surface area contributed by atoms with Gasteiger partial charge in [0.25, 0.3) is 0 Å². The highest BCUT2D eigenvalue weighted by Crippen LogP contribution is 2.36. The molecule has 2 aromatic rings. The molecule has 0 aliphatic heterocycles. The van der Waals surface area contributed by atoms with Crippen molar-refractivity contribution in [1.29, 1.82) is 0 Å². The van der Waals surface area contributed by atoms with Crippen LogP contribution in [0.4, 0.5) is 0 Å². The van der Waals surface area contributed by atoms with Gasteiger partial charge in [-0.1, -0.05) is 33.6 Å². The molecule has 20 heavy (non-hydrogen) atoms. The van der Waals surface area contributed by atoms with Crippen molar-refractivity contribution in [3.8, 4) is 11.5 Å². The Morgan fingerprint density at radius 1 is 1.30 bits per heavy atom. The number of carboxylic acids is 1. The summed E-state index contributed by atoms with van der Waals surface area (Å²) in [6.07, 6.45) is 1.82. The van der Waals surface area contributed by atoms with Crippen molar-refractivity contribution in [1.82, 2.24) is 0 Å². The monoisotopic (exact) mass is 372 g/mol. The molecule has 104 valence electrons. The normalized spacial score (nSPS) is 10.3. The van der Waals surface area contributed by atoms with Gasteiger partial charge in [-0.05, 0) is 36.6 Å². The summed E-state index contributed by atoms with van der Waals surface area (Å²) in [4.78, 5) is 12.0. The van der Waals surface area contributed by atoms with E-state index in [9.17, 15) is 9.90 Å². The minimum atomic E-state index is -1.03. The quantitative estimate of drug-likeness (QED) is 0.737. The SMILES string of the molecule is CSc1cccc(Oc2cc(Br)ccc2Cl)c1C(=O)O. The molecule has 0 saturated heterocycles. The highest BCUT2D eigenvalue weighted by atomic mass is 79.9. The summed E-state index contributed by atoms with van der Waals surface area (Å²) in [7, 11) is 0. The van der Waals surface area contributed by atoms with E-state index in [1.807, 2.05) is 6.26 Å². The van der Waals surface area contributed by atoms with Gasteiger partial charge >= 0.3 is 5.97 Å². The smallest absolute Gasteiger partial charge is 0.340 e. The Morgan fingerprint density at radius 2 is 2.05 bits per heavy atom. The van der Waals surface area contributed by atoms with Crippen LogP contribution < -0.4 is 4.74 Å². The van der Waals surface area contributed by atoms with E-state index < -0.39 is 5.97 Å². The van der Waals surface area contributed by atoms with Crippen LogP contribution in [0.1, 0.15) is 10.4 Å². The second kappa shape index (κ2) is 6.52. The van der Waals surface area contributed by atoms with E-state index in [2.05, 4.69) is 15.9 Å². The van der Waals surface area contributed by atoms with E-state index in [0.29, 0.717) is 15.7 Å². The Kier molecular flexibility index (Phi) is 4.96. The van der Waals surface area contributed by atoms with Crippen molar-refractivity contribution in [2.75, 3.05) is 6.26 Å². The third-order valence-electron chi connectivity index (χ3n) is 2.53. The van der Waals surface area contributed by atoms with Gasteiger partial charge in [-0.15, -0.1) is 11.8 Å². The van der Waals surface area contributed by atoms with Crippen LogP contribution in [0.3, 0.4) is 0 Å². The first kappa shape index (κ1) is 15.2. The molecule has 1 N–H and O–H groups in total. The molecule has 3 nitrogen and oxygen atoms in total. The van der Waals surface area contributed by atoms with Gasteiger partial charge in [-0.2, -0.15) is 0 Å². The van der Waals surface area contributed by atoms with Crippen LogP contribution in [-0.2, 0) is 0 Å². The number of aromatic carboxylic acids is 1. The number of carboxylic acid groups (broad SMARTS) is 1. The summed E-state index contributed by atoms with van der Waals surface area (Å²) in [5.74, 6) is -0.359. The maximum atomic E-state index is 11.4. The molecular formula is C14H10BrClO3S. The summed E-state index contributed by atoms with van der Waals surface area (Å²) in [6, 6.07) is 10.3. The Morgan fingerprint density at radius 3 is 2.70 bits per heavy atom. The van der Waals surface area contributed by atoms with Crippen LogP contribution in [-0.4, -0.2) is 17.3 Å². The molecule has 2 rings (SSSR count). The first-order valence-electron chi connectivity index (χ1n) is 5.56. The summed E-state index contributed by atoms with van der Waals surface area (Å²) >= 11 is 10.7. The van der Waals surface area contributed by atoms with Gasteiger partial charge in [0.05, 0.1) is 5.02 Å². The predicted molar refractivity (Wildman–Crippen MR) is 84.4 cm³/mol. The van der Waals surface area contributed by atoms with Crippen molar-refractivity contribution in [3.63, 3.8) is 0 Å². The van der Waals surface area contributed by atoms with Crippen molar-refractivity contribution in [2.45, 2.75) is 4.90 Å². The van der Waals surface area contributed by atoms with Crippen LogP contribution in [0, 0.1) is 0 Å². The van der Waals surface area contributed by atoms with Crippen LogP contribution in [0.5, 0.6) is 11.5 Å². The van der Waals surface area contributed by atoms with Crippen LogP contribution in [0.15, 0.2) is 45.8 Å². The number of thioether (sulfide) groups is 1. The lowest BCUT2D eigenvalue weighted by atomic mass is 10.2. The molecule has 0 atom stereocenters. The number of ether oxygens (including phenoxy) is 1. The van der Waals surface area contributed by atoms with Gasteiger partial charge in [0.15, 0.2) is 0 Å². The zero-order valence-corrected chi connectivity index (χ0v) is 13.6. The van der Waals surface area contributed by atoms with E-state index in [0.717, 1.165) is 4.47 Å². The molecule has 0 aliphatic rings. The third kappa shape index (κ3) is 3.29. The molecule has 6 heteroatoms. The van der Waals surface area contributed by atoms with Crippen molar-refractivity contribution in [3.05, 3.63) is 51.5 Å². The Bertz CT molecular complexity index is 661. The highest BCUT2D eigenvalue weighted by molar-refractivity contribution is 9.10. The first-order valence-corrected chi connectivity index (χ1v) is 7.95. The van der Waals surface area contributed by atoms with Gasteiger partial charge in [-0.25, -0.2) is 4.79 Å². The molecule has 0 spiro atoms. The molecule has 0 aliphatic carbocycles. The fourth-order valence-corrected chi connectivity index (χ4v) is 2.75. The minimum absolute atomic E-state index is 0.135. The van der Waals surface area contributed by atoms with E-state index in [1.54, 1.807) is 36.4 Å². The second-order valence-corrected chi connectivity index (χ2v) is 5.99. The number of rotatable bonds is 4. The molecule has 0 unspecified atom stereocenters. The number of hydrogen-bond donors (Lipinski definition) is 1. The fraction of sp³-hybridized carbons (Fsp3) is 0.0714. The van der Waals surface area contributed by atoms with Gasteiger partial charge < -0.3 is 9.84 Å². The fourth-order valence-electron chi connectivity index (χ4n) is 1.65. The molecule has 0 heterocycles. The number of halogens is 2. The average Bonchev–Trinajstić information content (AvgIpc) is 2.42. The Hall–Kier alpha value is -1.17. The van der Waals surface area contributed by atoms with Crippen LogP contribution in [0.25, 0.3) is 0 Å². The lowest BCUT2D eigenvalue weighted by Crippen LogP contribution is -2.02. The molecule has 0 bridgehead atoms. The number of benzene rings is 2. The Balaban J connectivity index is 2.48. The molecule has 0 fully saturated rings. The average molecular weight is 374 g/mol. The highest BCUT2D eigenvalue weighted by Gasteiger charge is 2.17. The third-order valence-corrected chi connectivity index (χ3v) is 4.12. The zero-order valence-electron chi connectivity index (χ0n) is 10.4. The molecule has 0 aromatic heterocycles. The summed E-state index contributed by atoms with van der Waals surface area (Å²) in [5.41, 5.74) is 0.135. The summed E-state index contributed by atoms with van der Waals surface area (Å²) in [6.45, 7) is 0. The lowest BCUT2D eigenvalue weighted by Gasteiger charge is -2.12. The zero-order chi connectivity index (χ0) is 14.7. The molecule has 0 amide bonds. The van der Waals surface area contributed by atoms with Gasteiger partial charge in [0, 0.05) is 9.37 Å². The van der Waals surface area contributed by atoms with Crippen molar-refractivity contribution in [2.24, 2.45) is 0 Å². The van der Waals surface area contributed by atoms with Gasteiger partial charge in [0.1, 0.15) is 17.1 Å². The standard InChI is InChI=1S/C14H10BrClO3S/c1-20-12-4-2-3-10(13(12)14(17)18)19-11-7-8(15)5-6-9(11)16/h2-7H,1H3,(H,17,18). The largest absolute Gasteiger partial charge is 0.478 e. The van der Waals surface area contributed by atoms with E-state index >= 15 is 0 Å². The van der Waals surface area contributed by atoms with Crippen LogP contribution in [0.2, 0.25) is 5.02 Å². The van der Waals surface area contributed by atoms with Crippen molar-refractivity contribution < 1.29 is 14.6 Å². The number of carbonyl (C=O) groups is 1. The number of hydrogen-bond acceptors (Lipinski definition) is 3. The maximum absolute atomic E-state index is 11.4. The van der Waals surface area contributed by atoms with Crippen LogP contribution >= 0.6 is 39.3 Å². The van der Waals surface area contributed by atoms with E-state index in [4.69, 9.17) is 16.3 Å². The molecular weight excluding hydrogens is 364 g/mol. The van der Waals surface area contributed by atoms with Crippen molar-refractivity contribution >= 4 is 45.3 Å². The van der Waals surface area contributed by atoms with E-state index in [1.165, 1.54) is 11.8 Å². The molecule has 2 aromatic carbocycles.